The SMILES string of the molecule is NCc1cc[n+](CC2=C(C(=O)O)N3C(=O)[C@@H](NC(=O)/C(=N/O)c4nc(N)sc4Cl)[C@H]3SC2)cc1. The number of anilines is 1. The van der Waals surface area contributed by atoms with Gasteiger partial charge in [0, 0.05) is 30.0 Å². The van der Waals surface area contributed by atoms with Gasteiger partial charge >= 0.3 is 5.97 Å². The van der Waals surface area contributed by atoms with Gasteiger partial charge in [-0.3, -0.25) is 14.5 Å². The quantitative estimate of drug-likeness (QED) is 0.107. The lowest BCUT2D eigenvalue weighted by atomic mass is 10.0. The third-order valence-corrected chi connectivity index (χ3v) is 7.67. The number of carbonyl (C=O) groups excluding carboxylic acids is 2. The molecule has 4 heterocycles. The van der Waals surface area contributed by atoms with E-state index in [0.717, 1.165) is 21.8 Å². The number of aliphatic carboxylic acids is 1. The van der Waals surface area contributed by atoms with Crippen molar-refractivity contribution in [3.63, 3.8) is 0 Å². The number of carbonyl (C=O) groups is 3. The van der Waals surface area contributed by atoms with E-state index < -0.39 is 34.9 Å². The molecule has 2 atom stereocenters. The van der Waals surface area contributed by atoms with Crippen LogP contribution < -0.4 is 21.4 Å². The fourth-order valence-corrected chi connectivity index (χ4v) is 5.89. The van der Waals surface area contributed by atoms with Gasteiger partial charge in [-0.15, -0.1) is 11.8 Å². The number of rotatable bonds is 7. The number of nitrogen functional groups attached to an aromatic ring is 1. The molecule has 0 radical (unpaired) electrons. The van der Waals surface area contributed by atoms with Crippen molar-refractivity contribution in [2.45, 2.75) is 24.5 Å². The highest BCUT2D eigenvalue weighted by atomic mass is 35.5. The monoisotopic (exact) mass is 524 g/mol. The number of hydrogen-bond donors (Lipinski definition) is 5. The number of thioether (sulfide) groups is 1. The average molecular weight is 525 g/mol. The fourth-order valence-electron chi connectivity index (χ4n) is 3.63. The number of hydrogen-bond acceptors (Lipinski definition) is 10. The summed E-state index contributed by atoms with van der Waals surface area (Å²) in [5.41, 5.74) is 11.9. The Bertz CT molecular complexity index is 1230. The minimum atomic E-state index is -1.24. The minimum absolute atomic E-state index is 0.0480. The van der Waals surface area contributed by atoms with E-state index in [0.29, 0.717) is 17.9 Å². The highest BCUT2D eigenvalue weighted by molar-refractivity contribution is 8.00. The number of nitrogens with zero attached hydrogens (tertiary/aromatic N) is 4. The van der Waals surface area contributed by atoms with Crippen LogP contribution in [0.3, 0.4) is 0 Å². The molecule has 1 fully saturated rings. The maximum Gasteiger partial charge on any atom is 0.352 e. The number of fused-ring (bicyclic) bond motifs is 1. The molecule has 2 aliphatic heterocycles. The first-order valence-corrected chi connectivity index (χ1v) is 12.0. The van der Waals surface area contributed by atoms with Gasteiger partial charge in [-0.25, -0.2) is 14.3 Å². The Morgan fingerprint density at radius 3 is 2.65 bits per heavy atom. The lowest BCUT2D eigenvalue weighted by molar-refractivity contribution is -0.689. The van der Waals surface area contributed by atoms with E-state index in [2.05, 4.69) is 15.5 Å². The Hall–Kier alpha value is -3.20. The van der Waals surface area contributed by atoms with Crippen molar-refractivity contribution in [1.82, 2.24) is 15.2 Å². The van der Waals surface area contributed by atoms with Gasteiger partial charge in [0.15, 0.2) is 29.8 Å². The summed E-state index contributed by atoms with van der Waals surface area (Å²) in [5, 5.41) is 24.0. The lowest BCUT2D eigenvalue weighted by Gasteiger charge is -2.49. The van der Waals surface area contributed by atoms with E-state index in [1.807, 2.05) is 12.1 Å². The van der Waals surface area contributed by atoms with E-state index in [1.165, 1.54) is 11.8 Å². The Morgan fingerprint density at radius 2 is 2.09 bits per heavy atom. The van der Waals surface area contributed by atoms with E-state index in [1.54, 1.807) is 17.0 Å². The van der Waals surface area contributed by atoms with Crippen LogP contribution in [0.5, 0.6) is 0 Å². The molecular formula is C19H19ClN7O5S2+. The molecule has 0 aromatic carbocycles. The zero-order chi connectivity index (χ0) is 24.6. The first-order valence-electron chi connectivity index (χ1n) is 9.78. The molecule has 2 aromatic rings. The lowest BCUT2D eigenvalue weighted by Crippen LogP contribution is -2.71. The number of nitrogens with one attached hydrogen (secondary N) is 1. The molecule has 0 saturated carbocycles. The zero-order valence-electron chi connectivity index (χ0n) is 17.3. The molecule has 0 unspecified atom stereocenters. The van der Waals surface area contributed by atoms with Gasteiger partial charge in [0.2, 0.25) is 0 Å². The fraction of sp³-hybridized carbons (Fsp3) is 0.263. The largest absolute Gasteiger partial charge is 0.477 e. The Balaban J connectivity index is 1.52. The van der Waals surface area contributed by atoms with E-state index in [9.17, 15) is 24.7 Å². The van der Waals surface area contributed by atoms with Crippen LogP contribution in [0, 0.1) is 0 Å². The molecule has 0 bridgehead atoms. The van der Waals surface area contributed by atoms with Gasteiger partial charge in [0.25, 0.3) is 11.8 Å². The minimum Gasteiger partial charge on any atom is -0.477 e. The van der Waals surface area contributed by atoms with Gasteiger partial charge in [-0.05, 0) is 5.56 Å². The number of carboxylic acids is 1. The first kappa shape index (κ1) is 23.9. The van der Waals surface area contributed by atoms with E-state index in [4.69, 9.17) is 23.1 Å². The first-order chi connectivity index (χ1) is 16.2. The van der Waals surface area contributed by atoms with Crippen molar-refractivity contribution in [2.24, 2.45) is 10.9 Å². The molecule has 2 amide bonds. The second-order valence-corrected chi connectivity index (χ2v) is 10.1. The van der Waals surface area contributed by atoms with Crippen LogP contribution in [0.1, 0.15) is 11.3 Å². The maximum absolute atomic E-state index is 12.9. The van der Waals surface area contributed by atoms with Crippen molar-refractivity contribution < 1.29 is 29.3 Å². The summed E-state index contributed by atoms with van der Waals surface area (Å²) >= 11 is 8.20. The standard InChI is InChI=1S/C19H18ClN7O5S2/c20-14-10(24-19(22)34-14)11(25-32)15(28)23-12-16(29)27-13(18(30)31)9(7-33-17(12)27)6-26-3-1-8(5-21)2-4-26/h1-4,12,17H,5-7,21H2,(H4-,22,23,24,28,30,31,32)/p+1/t12-,17-/m1/s1. The van der Waals surface area contributed by atoms with Crippen molar-refractivity contribution in [1.29, 1.82) is 0 Å². The number of carboxylic acid groups (broad SMARTS) is 1. The molecule has 34 heavy (non-hydrogen) atoms. The predicted octanol–water partition coefficient (Wildman–Crippen LogP) is -0.258. The molecule has 2 aromatic heterocycles. The highest BCUT2D eigenvalue weighted by Gasteiger charge is 2.54. The summed E-state index contributed by atoms with van der Waals surface area (Å²) in [4.78, 5) is 42.6. The summed E-state index contributed by atoms with van der Waals surface area (Å²) in [5.74, 6) is -2.38. The second kappa shape index (κ2) is 9.58. The third kappa shape index (κ3) is 4.32. The normalized spacial score (nSPS) is 20.1. The van der Waals surface area contributed by atoms with Crippen LogP contribution in [-0.4, -0.2) is 60.9 Å². The molecule has 0 spiro atoms. The van der Waals surface area contributed by atoms with Crippen LogP contribution in [-0.2, 0) is 27.5 Å². The summed E-state index contributed by atoms with van der Waals surface area (Å²) in [6.45, 7) is 0.666. The molecule has 15 heteroatoms. The van der Waals surface area contributed by atoms with Gasteiger partial charge < -0.3 is 27.1 Å². The highest BCUT2D eigenvalue weighted by Crippen LogP contribution is 2.40. The Kier molecular flexibility index (Phi) is 6.74. The smallest absolute Gasteiger partial charge is 0.352 e. The van der Waals surface area contributed by atoms with Crippen molar-refractivity contribution >= 4 is 63.3 Å². The van der Waals surface area contributed by atoms with Crippen LogP contribution in [0.25, 0.3) is 0 Å². The van der Waals surface area contributed by atoms with Crippen LogP contribution in [0.15, 0.2) is 41.0 Å². The van der Waals surface area contributed by atoms with Crippen LogP contribution in [0.4, 0.5) is 5.13 Å². The summed E-state index contributed by atoms with van der Waals surface area (Å²) < 4.78 is 1.85. The average Bonchev–Trinajstić information content (AvgIpc) is 3.15. The molecule has 178 valence electrons. The number of aromatic nitrogens is 2. The molecule has 2 aliphatic rings. The topological polar surface area (TPSA) is 188 Å². The number of amides is 2. The Labute approximate surface area is 205 Å². The van der Waals surface area contributed by atoms with Gasteiger partial charge in [-0.2, -0.15) is 0 Å². The molecule has 0 aliphatic carbocycles. The van der Waals surface area contributed by atoms with Crippen molar-refractivity contribution in [3.8, 4) is 0 Å². The van der Waals surface area contributed by atoms with Gasteiger partial charge in [0.1, 0.15) is 27.1 Å². The predicted molar refractivity (Wildman–Crippen MR) is 124 cm³/mol. The molecule has 7 N–H and O–H groups in total. The number of thiazole rings is 1. The van der Waals surface area contributed by atoms with Gasteiger partial charge in [0.05, 0.1) is 0 Å². The van der Waals surface area contributed by atoms with Gasteiger partial charge in [-0.1, -0.05) is 28.1 Å². The van der Waals surface area contributed by atoms with E-state index >= 15 is 0 Å². The van der Waals surface area contributed by atoms with E-state index in [-0.39, 0.29) is 27.4 Å². The zero-order valence-corrected chi connectivity index (χ0v) is 19.7. The Morgan fingerprint density at radius 1 is 1.38 bits per heavy atom. The van der Waals surface area contributed by atoms with Crippen molar-refractivity contribution in [3.05, 3.63) is 51.4 Å². The van der Waals surface area contributed by atoms with Crippen LogP contribution in [0.2, 0.25) is 4.34 Å². The molecule has 4 rings (SSSR count). The van der Waals surface area contributed by atoms with Crippen LogP contribution >= 0.6 is 34.7 Å². The number of oxime groups is 1. The second-order valence-electron chi connectivity index (χ2n) is 7.32. The number of pyridine rings is 1. The number of nitrogens with two attached hydrogens (primary N) is 2. The third-order valence-electron chi connectivity index (χ3n) is 5.25. The number of halogens is 1. The molecular weight excluding hydrogens is 506 g/mol. The summed E-state index contributed by atoms with van der Waals surface area (Å²) in [7, 11) is 0. The summed E-state index contributed by atoms with van der Waals surface area (Å²) in [6, 6.07) is 2.65. The maximum atomic E-state index is 12.9. The van der Waals surface area contributed by atoms with Crippen molar-refractivity contribution in [2.75, 3.05) is 11.5 Å². The summed E-state index contributed by atoms with van der Waals surface area (Å²) in [6.07, 6.45) is 3.58. The molecule has 12 nitrogen and oxygen atoms in total. The molecule has 1 saturated heterocycles. The number of β-lactam (4-membered cyclic amide) rings is 1.